The number of benzene rings is 2. The molecular formula is C15H8Cl2N4O3S2. The zero-order chi connectivity index (χ0) is 18.8. The lowest BCUT2D eigenvalue weighted by Gasteiger charge is -2.08. The van der Waals surface area contributed by atoms with Crippen LogP contribution < -0.4 is 10.6 Å². The zero-order valence-electron chi connectivity index (χ0n) is 12.7. The third-order valence-electron chi connectivity index (χ3n) is 3.21. The van der Waals surface area contributed by atoms with Crippen LogP contribution >= 0.6 is 46.8 Å². The quantitative estimate of drug-likeness (QED) is 0.359. The molecule has 132 valence electrons. The Hall–Kier alpha value is -2.33. The molecule has 3 rings (SSSR count). The van der Waals surface area contributed by atoms with Crippen molar-refractivity contribution in [2.75, 3.05) is 5.32 Å². The van der Waals surface area contributed by atoms with E-state index in [0.29, 0.717) is 20.4 Å². The van der Waals surface area contributed by atoms with Gasteiger partial charge < -0.3 is 5.32 Å². The minimum Gasteiger partial charge on any atom is -0.308 e. The molecule has 0 unspecified atom stereocenters. The molecule has 26 heavy (non-hydrogen) atoms. The Morgan fingerprint density at radius 2 is 2.00 bits per heavy atom. The van der Waals surface area contributed by atoms with Gasteiger partial charge in [-0.2, -0.15) is 0 Å². The standard InChI is InChI=1S/C15H8Cl2N4O3S2/c16-7-1-3-9(10(17)5-7)13(22)19-14(25)20-15-18-11-4-2-8(21(23)24)6-12(11)26-15/h1-6H,(H2,18,19,20,22,25). The fourth-order valence-electron chi connectivity index (χ4n) is 2.05. The minimum absolute atomic E-state index is 0.0228. The lowest BCUT2D eigenvalue weighted by atomic mass is 10.2. The molecule has 2 N–H and O–H groups in total. The van der Waals surface area contributed by atoms with Gasteiger partial charge in [0.25, 0.3) is 11.6 Å². The van der Waals surface area contributed by atoms with Gasteiger partial charge in [0, 0.05) is 17.2 Å². The third kappa shape index (κ3) is 4.07. The molecule has 7 nitrogen and oxygen atoms in total. The van der Waals surface area contributed by atoms with Crippen LogP contribution in [0.25, 0.3) is 10.2 Å². The number of nitrogens with one attached hydrogen (secondary N) is 2. The number of anilines is 1. The number of hydrogen-bond acceptors (Lipinski definition) is 6. The van der Waals surface area contributed by atoms with Gasteiger partial charge in [-0.3, -0.25) is 20.2 Å². The van der Waals surface area contributed by atoms with Crippen LogP contribution in [0.1, 0.15) is 10.4 Å². The van der Waals surface area contributed by atoms with Gasteiger partial charge in [-0.25, -0.2) is 4.98 Å². The number of carbonyl (C=O) groups is 1. The number of halogens is 2. The van der Waals surface area contributed by atoms with Crippen molar-refractivity contribution in [1.82, 2.24) is 10.3 Å². The van der Waals surface area contributed by atoms with E-state index in [2.05, 4.69) is 15.6 Å². The smallest absolute Gasteiger partial charge is 0.270 e. The van der Waals surface area contributed by atoms with E-state index in [4.69, 9.17) is 35.4 Å². The molecule has 2 aromatic carbocycles. The lowest BCUT2D eigenvalue weighted by Crippen LogP contribution is -2.34. The predicted molar refractivity (Wildman–Crippen MR) is 106 cm³/mol. The van der Waals surface area contributed by atoms with Crippen LogP contribution in [0.5, 0.6) is 0 Å². The first-order valence-electron chi connectivity index (χ1n) is 6.96. The maximum atomic E-state index is 12.2. The molecule has 0 aliphatic rings. The van der Waals surface area contributed by atoms with Gasteiger partial charge in [0.15, 0.2) is 10.2 Å². The van der Waals surface area contributed by atoms with E-state index in [9.17, 15) is 14.9 Å². The number of thiazole rings is 1. The van der Waals surface area contributed by atoms with Crippen LogP contribution in [0.15, 0.2) is 36.4 Å². The first-order valence-corrected chi connectivity index (χ1v) is 8.94. The molecule has 0 aliphatic heterocycles. The van der Waals surface area contributed by atoms with Gasteiger partial charge in [0.2, 0.25) is 0 Å². The summed E-state index contributed by atoms with van der Waals surface area (Å²) in [5.74, 6) is -0.499. The number of rotatable bonds is 3. The average Bonchev–Trinajstić information content (AvgIpc) is 2.95. The van der Waals surface area contributed by atoms with Crippen molar-refractivity contribution in [2.24, 2.45) is 0 Å². The van der Waals surface area contributed by atoms with Crippen LogP contribution in [-0.4, -0.2) is 20.9 Å². The molecule has 1 amide bonds. The number of nitro groups is 1. The number of thiocarbonyl (C=S) groups is 1. The molecule has 11 heteroatoms. The predicted octanol–water partition coefficient (Wildman–Crippen LogP) is 4.64. The minimum atomic E-state index is -0.499. The number of carbonyl (C=O) groups excluding carboxylic acids is 1. The van der Waals surface area contributed by atoms with E-state index < -0.39 is 10.8 Å². The summed E-state index contributed by atoms with van der Waals surface area (Å²) >= 11 is 18.1. The Morgan fingerprint density at radius 3 is 2.69 bits per heavy atom. The average molecular weight is 427 g/mol. The molecule has 3 aromatic rings. The highest BCUT2D eigenvalue weighted by Crippen LogP contribution is 2.29. The molecule has 0 saturated heterocycles. The Balaban J connectivity index is 1.72. The van der Waals surface area contributed by atoms with Gasteiger partial charge >= 0.3 is 0 Å². The van der Waals surface area contributed by atoms with Crippen LogP contribution in [0, 0.1) is 10.1 Å². The lowest BCUT2D eigenvalue weighted by molar-refractivity contribution is -0.384. The van der Waals surface area contributed by atoms with Crippen LogP contribution in [0.4, 0.5) is 10.8 Å². The first kappa shape index (κ1) is 18.5. The summed E-state index contributed by atoms with van der Waals surface area (Å²) in [6.07, 6.45) is 0. The monoisotopic (exact) mass is 426 g/mol. The van der Waals surface area contributed by atoms with Gasteiger partial charge in [0.1, 0.15) is 0 Å². The summed E-state index contributed by atoms with van der Waals surface area (Å²) in [4.78, 5) is 26.8. The number of nitro benzene ring substituents is 1. The number of fused-ring (bicyclic) bond motifs is 1. The second kappa shape index (κ2) is 7.50. The van der Waals surface area contributed by atoms with E-state index in [0.717, 1.165) is 0 Å². The van der Waals surface area contributed by atoms with Crippen molar-refractivity contribution in [1.29, 1.82) is 0 Å². The second-order valence-corrected chi connectivity index (χ2v) is 7.24. The molecule has 1 heterocycles. The second-order valence-electron chi connectivity index (χ2n) is 4.96. The third-order valence-corrected chi connectivity index (χ3v) is 4.89. The summed E-state index contributed by atoms with van der Waals surface area (Å²) < 4.78 is 0.622. The summed E-state index contributed by atoms with van der Waals surface area (Å²) in [6, 6.07) is 8.82. The Kier molecular flexibility index (Phi) is 5.33. The van der Waals surface area contributed by atoms with Crippen LogP contribution in [0.2, 0.25) is 10.0 Å². The fourth-order valence-corrected chi connectivity index (χ4v) is 3.70. The van der Waals surface area contributed by atoms with Crippen molar-refractivity contribution >= 4 is 78.8 Å². The normalized spacial score (nSPS) is 10.5. The fraction of sp³-hybridized carbons (Fsp3) is 0. The molecule has 0 atom stereocenters. The van der Waals surface area contributed by atoms with Crippen molar-refractivity contribution in [2.45, 2.75) is 0 Å². The SMILES string of the molecule is O=C(NC(=S)Nc1nc2ccc([N+](=O)[O-])cc2s1)c1ccc(Cl)cc1Cl. The van der Waals surface area contributed by atoms with E-state index in [1.807, 2.05) is 0 Å². The van der Waals surface area contributed by atoms with Gasteiger partial charge in [0.05, 0.1) is 25.7 Å². The molecule has 0 bridgehead atoms. The summed E-state index contributed by atoms with van der Waals surface area (Å²) in [5, 5.41) is 17.1. The van der Waals surface area contributed by atoms with E-state index in [-0.39, 0.29) is 21.4 Å². The highest BCUT2D eigenvalue weighted by atomic mass is 35.5. The highest BCUT2D eigenvalue weighted by Gasteiger charge is 2.14. The number of amides is 1. The van der Waals surface area contributed by atoms with Crippen molar-refractivity contribution in [3.63, 3.8) is 0 Å². The Morgan fingerprint density at radius 1 is 1.23 bits per heavy atom. The number of non-ortho nitro benzene ring substituents is 1. The maximum absolute atomic E-state index is 12.2. The topological polar surface area (TPSA) is 97.2 Å². The Labute approximate surface area is 166 Å². The van der Waals surface area contributed by atoms with E-state index in [1.165, 1.54) is 35.6 Å². The molecule has 0 saturated carbocycles. The number of hydrogen-bond donors (Lipinski definition) is 2. The molecule has 1 aromatic heterocycles. The van der Waals surface area contributed by atoms with Crippen molar-refractivity contribution in [3.8, 4) is 0 Å². The molecule has 0 fully saturated rings. The summed E-state index contributed by atoms with van der Waals surface area (Å²) in [7, 11) is 0. The van der Waals surface area contributed by atoms with E-state index in [1.54, 1.807) is 12.1 Å². The number of nitrogens with zero attached hydrogens (tertiary/aromatic N) is 2. The maximum Gasteiger partial charge on any atom is 0.270 e. The van der Waals surface area contributed by atoms with Crippen LogP contribution in [0.3, 0.4) is 0 Å². The van der Waals surface area contributed by atoms with Gasteiger partial charge in [-0.1, -0.05) is 34.5 Å². The molecule has 0 spiro atoms. The molecule has 0 aliphatic carbocycles. The summed E-state index contributed by atoms with van der Waals surface area (Å²) in [5.41, 5.74) is 0.777. The zero-order valence-corrected chi connectivity index (χ0v) is 15.8. The molecule has 0 radical (unpaired) electrons. The van der Waals surface area contributed by atoms with Crippen molar-refractivity contribution in [3.05, 3.63) is 62.1 Å². The first-order chi connectivity index (χ1) is 12.3. The largest absolute Gasteiger partial charge is 0.308 e. The van der Waals surface area contributed by atoms with Crippen LogP contribution in [-0.2, 0) is 0 Å². The van der Waals surface area contributed by atoms with Crippen molar-refractivity contribution < 1.29 is 9.72 Å². The Bertz CT molecular complexity index is 1050. The number of aromatic nitrogens is 1. The molecular weight excluding hydrogens is 419 g/mol. The summed E-state index contributed by atoms with van der Waals surface area (Å²) in [6.45, 7) is 0. The van der Waals surface area contributed by atoms with E-state index >= 15 is 0 Å². The van der Waals surface area contributed by atoms with Gasteiger partial charge in [-0.05, 0) is 36.5 Å². The van der Waals surface area contributed by atoms with Gasteiger partial charge in [-0.15, -0.1) is 0 Å². The highest BCUT2D eigenvalue weighted by molar-refractivity contribution is 7.80.